The lowest BCUT2D eigenvalue weighted by Crippen LogP contribution is -2.33. The number of hydrogen-bond donors (Lipinski definition) is 0. The number of aliphatic imine (C=N–C) groups is 1. The summed E-state index contributed by atoms with van der Waals surface area (Å²) in [6, 6.07) is 1.59. The number of halogens is 3. The van der Waals surface area contributed by atoms with Gasteiger partial charge in [0.15, 0.2) is 0 Å². The van der Waals surface area contributed by atoms with Crippen LogP contribution in [-0.2, 0) is 0 Å². The minimum Gasteiger partial charge on any atom is -0.296 e. The smallest absolute Gasteiger partial charge is 0.296 e. The number of hydrogen-bond acceptors (Lipinski definition) is 2. The van der Waals surface area contributed by atoms with Crippen molar-refractivity contribution in [2.45, 2.75) is 12.6 Å². The molecule has 1 unspecified atom stereocenters. The summed E-state index contributed by atoms with van der Waals surface area (Å²) in [6.45, 7) is 0.169. The largest absolute Gasteiger partial charge is 0.393 e. The molecule has 0 aromatic heterocycles. The van der Waals surface area contributed by atoms with E-state index in [1.807, 2.05) is 0 Å². The molecule has 0 aromatic rings. The molecule has 1 rings (SSSR count). The zero-order valence-corrected chi connectivity index (χ0v) is 6.17. The van der Waals surface area contributed by atoms with Gasteiger partial charge in [0.1, 0.15) is 0 Å². The van der Waals surface area contributed by atoms with E-state index in [2.05, 4.69) is 4.99 Å². The Morgan fingerprint density at radius 3 is 2.58 bits per heavy atom. The highest BCUT2D eigenvalue weighted by Crippen LogP contribution is 2.35. The van der Waals surface area contributed by atoms with Gasteiger partial charge in [0.05, 0.1) is 17.9 Å². The third kappa shape index (κ3) is 1.76. The standard InChI is InChI=1S/C7H7F3N2/c8-7(9,10)6-1-2-12-4-5(6)3-11/h4-6H,1-2H2/t5?,6-/m0/s1. The molecule has 1 aliphatic heterocycles. The molecular formula is C7H7F3N2. The van der Waals surface area contributed by atoms with Crippen LogP contribution in [0.4, 0.5) is 13.2 Å². The van der Waals surface area contributed by atoms with Crippen molar-refractivity contribution in [1.82, 2.24) is 0 Å². The Bertz CT molecular complexity index is 226. The first kappa shape index (κ1) is 9.04. The SMILES string of the molecule is N#CC1C=NCC[C@@H]1C(F)(F)F. The summed E-state index contributed by atoms with van der Waals surface area (Å²) in [5, 5.41) is 8.38. The summed E-state index contributed by atoms with van der Waals surface area (Å²) in [7, 11) is 0. The van der Waals surface area contributed by atoms with Crippen LogP contribution in [0.3, 0.4) is 0 Å². The van der Waals surface area contributed by atoms with Gasteiger partial charge in [-0.3, -0.25) is 4.99 Å². The molecule has 0 aliphatic carbocycles. The number of nitriles is 1. The molecule has 0 spiro atoms. The lowest BCUT2D eigenvalue weighted by Gasteiger charge is -2.24. The Hall–Kier alpha value is -1.05. The maximum atomic E-state index is 12.2. The van der Waals surface area contributed by atoms with Gasteiger partial charge in [-0.25, -0.2) is 0 Å². The average molecular weight is 176 g/mol. The Morgan fingerprint density at radius 1 is 1.50 bits per heavy atom. The molecule has 1 aliphatic rings. The zero-order chi connectivity index (χ0) is 9.19. The molecule has 0 radical (unpaired) electrons. The van der Waals surface area contributed by atoms with Crippen LogP contribution in [-0.4, -0.2) is 18.9 Å². The average Bonchev–Trinajstić information content (AvgIpc) is 2.03. The molecule has 0 N–H and O–H groups in total. The first-order valence-corrected chi connectivity index (χ1v) is 3.52. The van der Waals surface area contributed by atoms with Crippen molar-refractivity contribution in [3.8, 4) is 6.07 Å². The van der Waals surface area contributed by atoms with E-state index in [1.165, 1.54) is 0 Å². The van der Waals surface area contributed by atoms with Gasteiger partial charge < -0.3 is 0 Å². The molecule has 66 valence electrons. The quantitative estimate of drug-likeness (QED) is 0.554. The number of alkyl halides is 3. The van der Waals surface area contributed by atoms with E-state index in [0.717, 1.165) is 6.21 Å². The van der Waals surface area contributed by atoms with Crippen LogP contribution in [0.5, 0.6) is 0 Å². The second kappa shape index (κ2) is 3.13. The van der Waals surface area contributed by atoms with Gasteiger partial charge in [0.25, 0.3) is 0 Å². The predicted molar refractivity (Wildman–Crippen MR) is 36.6 cm³/mol. The molecule has 2 nitrogen and oxygen atoms in total. The fourth-order valence-electron chi connectivity index (χ4n) is 1.18. The fourth-order valence-corrected chi connectivity index (χ4v) is 1.18. The van der Waals surface area contributed by atoms with Gasteiger partial charge >= 0.3 is 6.18 Å². The van der Waals surface area contributed by atoms with Crippen molar-refractivity contribution in [3.63, 3.8) is 0 Å². The van der Waals surface area contributed by atoms with E-state index in [-0.39, 0.29) is 13.0 Å². The molecule has 1 heterocycles. The molecule has 12 heavy (non-hydrogen) atoms. The molecular weight excluding hydrogens is 169 g/mol. The van der Waals surface area contributed by atoms with Gasteiger partial charge in [-0.15, -0.1) is 0 Å². The van der Waals surface area contributed by atoms with E-state index in [4.69, 9.17) is 5.26 Å². The fraction of sp³-hybridized carbons (Fsp3) is 0.714. The first-order chi connectivity index (χ1) is 5.55. The second-order valence-electron chi connectivity index (χ2n) is 2.65. The van der Waals surface area contributed by atoms with Crippen LogP contribution < -0.4 is 0 Å². The van der Waals surface area contributed by atoms with Crippen molar-refractivity contribution in [2.75, 3.05) is 6.54 Å². The molecule has 0 amide bonds. The van der Waals surface area contributed by atoms with Crippen LogP contribution in [0, 0.1) is 23.2 Å². The summed E-state index contributed by atoms with van der Waals surface area (Å²) < 4.78 is 36.5. The summed E-state index contributed by atoms with van der Waals surface area (Å²) in [6.07, 6.45) is -3.24. The molecule has 5 heteroatoms. The lowest BCUT2D eigenvalue weighted by atomic mass is 9.89. The van der Waals surface area contributed by atoms with Crippen LogP contribution in [0.2, 0.25) is 0 Å². The third-order valence-electron chi connectivity index (χ3n) is 1.84. The van der Waals surface area contributed by atoms with Crippen LogP contribution in [0.15, 0.2) is 4.99 Å². The number of nitrogens with zero attached hydrogens (tertiary/aromatic N) is 2. The molecule has 0 saturated carbocycles. The molecule has 0 fully saturated rings. The van der Waals surface area contributed by atoms with Crippen molar-refractivity contribution >= 4 is 6.21 Å². The maximum Gasteiger partial charge on any atom is 0.393 e. The minimum absolute atomic E-state index is 0.0712. The highest BCUT2D eigenvalue weighted by Gasteiger charge is 2.44. The van der Waals surface area contributed by atoms with E-state index in [1.54, 1.807) is 6.07 Å². The summed E-state index contributed by atoms with van der Waals surface area (Å²) >= 11 is 0. The second-order valence-corrected chi connectivity index (χ2v) is 2.65. The minimum atomic E-state index is -4.27. The Kier molecular flexibility index (Phi) is 2.36. The molecule has 0 saturated heterocycles. The lowest BCUT2D eigenvalue weighted by molar-refractivity contribution is -0.180. The predicted octanol–water partition coefficient (Wildman–Crippen LogP) is 1.78. The highest BCUT2D eigenvalue weighted by molar-refractivity contribution is 5.65. The molecule has 2 atom stereocenters. The van der Waals surface area contributed by atoms with Crippen molar-refractivity contribution in [3.05, 3.63) is 0 Å². The van der Waals surface area contributed by atoms with Gasteiger partial charge in [-0.2, -0.15) is 18.4 Å². The van der Waals surface area contributed by atoms with E-state index >= 15 is 0 Å². The van der Waals surface area contributed by atoms with E-state index in [0.29, 0.717) is 0 Å². The molecule has 0 bridgehead atoms. The van der Waals surface area contributed by atoms with E-state index < -0.39 is 18.0 Å². The van der Waals surface area contributed by atoms with E-state index in [9.17, 15) is 13.2 Å². The maximum absolute atomic E-state index is 12.2. The van der Waals surface area contributed by atoms with Gasteiger partial charge in [0.2, 0.25) is 0 Å². The monoisotopic (exact) mass is 176 g/mol. The summed E-state index contributed by atoms with van der Waals surface area (Å²) in [5.41, 5.74) is 0. The zero-order valence-electron chi connectivity index (χ0n) is 6.17. The van der Waals surface area contributed by atoms with Crippen LogP contribution in [0.25, 0.3) is 0 Å². The first-order valence-electron chi connectivity index (χ1n) is 3.52. The Balaban J connectivity index is 2.78. The van der Waals surface area contributed by atoms with Crippen molar-refractivity contribution < 1.29 is 13.2 Å². The Labute approximate surface area is 67.7 Å². The third-order valence-corrected chi connectivity index (χ3v) is 1.84. The summed E-state index contributed by atoms with van der Waals surface area (Å²) in [4.78, 5) is 3.65. The summed E-state index contributed by atoms with van der Waals surface area (Å²) in [5.74, 6) is -2.63. The highest BCUT2D eigenvalue weighted by atomic mass is 19.4. The normalized spacial score (nSPS) is 29.8. The van der Waals surface area contributed by atoms with Crippen molar-refractivity contribution in [1.29, 1.82) is 5.26 Å². The Morgan fingerprint density at radius 2 is 2.17 bits per heavy atom. The van der Waals surface area contributed by atoms with Gasteiger partial charge in [-0.05, 0) is 6.42 Å². The van der Waals surface area contributed by atoms with Crippen molar-refractivity contribution in [2.24, 2.45) is 16.8 Å². The van der Waals surface area contributed by atoms with Crippen LogP contribution >= 0.6 is 0 Å². The molecule has 0 aromatic carbocycles. The topological polar surface area (TPSA) is 36.1 Å². The van der Waals surface area contributed by atoms with Gasteiger partial charge in [-0.1, -0.05) is 0 Å². The number of rotatable bonds is 0. The van der Waals surface area contributed by atoms with Crippen LogP contribution in [0.1, 0.15) is 6.42 Å². The van der Waals surface area contributed by atoms with Gasteiger partial charge in [0, 0.05) is 12.8 Å².